The summed E-state index contributed by atoms with van der Waals surface area (Å²) in [6.45, 7) is 3.87. The number of likely N-dealkylation sites (tertiary alicyclic amines) is 1. The molecule has 282 valence electrons. The van der Waals surface area contributed by atoms with Crippen molar-refractivity contribution in [2.24, 2.45) is 17.8 Å². The Morgan fingerprint density at radius 2 is 1.81 bits per heavy atom. The molecule has 1 aromatic carbocycles. The van der Waals surface area contributed by atoms with Crippen molar-refractivity contribution in [2.45, 2.75) is 101 Å². The summed E-state index contributed by atoms with van der Waals surface area (Å²) < 4.78 is 84.4. The Morgan fingerprint density at radius 3 is 2.46 bits per heavy atom. The Hall–Kier alpha value is -3.78. The first-order chi connectivity index (χ1) is 24.6. The highest BCUT2D eigenvalue weighted by molar-refractivity contribution is 6.00. The summed E-state index contributed by atoms with van der Waals surface area (Å²) in [5.74, 6) is -4.38. The monoisotopic (exact) mass is 732 g/mol. The zero-order valence-corrected chi connectivity index (χ0v) is 29.5. The Bertz CT molecular complexity index is 1830. The number of nitrogens with zero attached hydrogens (tertiary/aromatic N) is 3. The van der Waals surface area contributed by atoms with Crippen molar-refractivity contribution in [2.75, 3.05) is 26.8 Å². The minimum Gasteiger partial charge on any atom is -0.490 e. The van der Waals surface area contributed by atoms with Crippen LogP contribution in [-0.4, -0.2) is 81.8 Å². The smallest absolute Gasteiger partial charge is 0.434 e. The van der Waals surface area contributed by atoms with Gasteiger partial charge in [0.15, 0.2) is 5.69 Å². The number of alkyl halides is 5. The summed E-state index contributed by atoms with van der Waals surface area (Å²) in [6, 6.07) is 7.72. The fourth-order valence-corrected chi connectivity index (χ4v) is 9.41. The summed E-state index contributed by atoms with van der Waals surface area (Å²) >= 11 is 0. The lowest BCUT2D eigenvalue weighted by molar-refractivity contribution is -0.151. The largest absolute Gasteiger partial charge is 0.490 e. The molecule has 4 aliphatic rings. The Labute approximate surface area is 298 Å². The number of carboxylic acid groups (broad SMARTS) is 1. The van der Waals surface area contributed by atoms with Crippen molar-refractivity contribution in [1.29, 1.82) is 0 Å². The third kappa shape index (κ3) is 6.88. The molecule has 9 nitrogen and oxygen atoms in total. The molecule has 4 unspecified atom stereocenters. The van der Waals surface area contributed by atoms with Gasteiger partial charge in [0.1, 0.15) is 11.3 Å². The first-order valence-electron chi connectivity index (χ1n) is 18.1. The van der Waals surface area contributed by atoms with E-state index in [1.54, 1.807) is 25.4 Å². The summed E-state index contributed by atoms with van der Waals surface area (Å²) in [6.07, 6.45) is 1.76. The van der Waals surface area contributed by atoms with Gasteiger partial charge in [-0.05, 0) is 100 Å². The minimum atomic E-state index is -5.00. The maximum atomic E-state index is 14.7. The third-order valence-corrected chi connectivity index (χ3v) is 11.8. The Kier molecular flexibility index (Phi) is 9.54. The normalized spacial score (nSPS) is 29.4. The van der Waals surface area contributed by atoms with Crippen molar-refractivity contribution in [1.82, 2.24) is 19.8 Å². The number of carbonyl (C=O) groups excluding carboxylic acids is 1. The molecule has 1 amide bonds. The summed E-state index contributed by atoms with van der Waals surface area (Å²) in [7, 11) is 1.56. The van der Waals surface area contributed by atoms with Crippen molar-refractivity contribution in [3.05, 3.63) is 47.8 Å². The fourth-order valence-electron chi connectivity index (χ4n) is 9.41. The van der Waals surface area contributed by atoms with Gasteiger partial charge in [-0.15, -0.1) is 0 Å². The van der Waals surface area contributed by atoms with Gasteiger partial charge in [0.05, 0.1) is 48.6 Å². The lowest BCUT2D eigenvalue weighted by Gasteiger charge is -2.46. The van der Waals surface area contributed by atoms with Crippen LogP contribution >= 0.6 is 0 Å². The highest BCUT2D eigenvalue weighted by Gasteiger charge is 2.56. The average molecular weight is 733 g/mol. The van der Waals surface area contributed by atoms with E-state index in [-0.39, 0.29) is 61.1 Å². The van der Waals surface area contributed by atoms with Crippen molar-refractivity contribution < 1.29 is 46.1 Å². The van der Waals surface area contributed by atoms with Crippen molar-refractivity contribution >= 4 is 22.8 Å². The molecule has 3 heterocycles. The van der Waals surface area contributed by atoms with Crippen LogP contribution in [0.4, 0.5) is 22.0 Å². The van der Waals surface area contributed by atoms with Gasteiger partial charge in [-0.3, -0.25) is 9.69 Å². The SMILES string of the molecule is COC[C@H](C)n1cc(-c2ccc(C(=O)NC3(C(=O)O)CC4CC(C)CC3C4)c(C(F)(F)F)n2)c2ccc(O[C@H]3CC[C@H](N4CC(F)(F)C4)CC3)cc21. The second-order valence-corrected chi connectivity index (χ2v) is 15.6. The molecule has 3 saturated carbocycles. The number of aliphatic carboxylic acids is 1. The molecule has 7 rings (SSSR count). The van der Waals surface area contributed by atoms with E-state index in [9.17, 15) is 36.6 Å². The summed E-state index contributed by atoms with van der Waals surface area (Å²) in [5, 5.41) is 13.4. The van der Waals surface area contributed by atoms with Gasteiger partial charge in [0, 0.05) is 36.4 Å². The number of fused-ring (bicyclic) bond motifs is 3. The minimum absolute atomic E-state index is 0.000648. The molecule has 14 heteroatoms. The molecule has 1 saturated heterocycles. The first-order valence-corrected chi connectivity index (χ1v) is 18.1. The highest BCUT2D eigenvalue weighted by atomic mass is 19.4. The number of benzene rings is 1. The van der Waals surface area contributed by atoms with Gasteiger partial charge in [-0.2, -0.15) is 13.2 Å². The van der Waals surface area contributed by atoms with E-state index < -0.39 is 40.8 Å². The quantitative estimate of drug-likeness (QED) is 0.207. The van der Waals surface area contributed by atoms with Crippen LogP contribution in [0.5, 0.6) is 5.75 Å². The van der Waals surface area contributed by atoms with Crippen LogP contribution in [0.15, 0.2) is 36.5 Å². The van der Waals surface area contributed by atoms with Gasteiger partial charge in [0.25, 0.3) is 11.8 Å². The molecule has 4 fully saturated rings. The van der Waals surface area contributed by atoms with Crippen LogP contribution in [0, 0.1) is 17.8 Å². The predicted molar refractivity (Wildman–Crippen MR) is 182 cm³/mol. The molecular weight excluding hydrogens is 687 g/mol. The molecule has 1 aliphatic heterocycles. The molecule has 5 atom stereocenters. The molecule has 2 aromatic heterocycles. The molecule has 52 heavy (non-hydrogen) atoms. The van der Waals surface area contributed by atoms with Gasteiger partial charge >= 0.3 is 12.1 Å². The summed E-state index contributed by atoms with van der Waals surface area (Å²) in [4.78, 5) is 32.0. The number of amides is 1. The van der Waals surface area contributed by atoms with Crippen LogP contribution in [0.1, 0.15) is 87.3 Å². The number of nitrogens with one attached hydrogen (secondary N) is 1. The van der Waals surface area contributed by atoms with E-state index in [4.69, 9.17) is 9.47 Å². The second kappa shape index (κ2) is 13.6. The maximum absolute atomic E-state index is 14.7. The number of carbonyl (C=O) groups is 2. The fraction of sp³-hybridized carbons (Fsp3) is 0.605. The number of aromatic nitrogens is 2. The number of ether oxygens (including phenoxy) is 2. The molecule has 0 spiro atoms. The highest BCUT2D eigenvalue weighted by Crippen LogP contribution is 2.51. The molecule has 3 aromatic rings. The number of hydrogen-bond donors (Lipinski definition) is 2. The van der Waals surface area contributed by atoms with E-state index in [0.717, 1.165) is 38.2 Å². The molecular formula is C38H45F5N4O5. The van der Waals surface area contributed by atoms with Gasteiger partial charge in [0.2, 0.25) is 0 Å². The van der Waals surface area contributed by atoms with Crippen molar-refractivity contribution in [3.63, 3.8) is 0 Å². The summed E-state index contributed by atoms with van der Waals surface area (Å²) in [5.41, 5.74) is -2.65. The third-order valence-electron chi connectivity index (χ3n) is 11.8. The van der Waals surface area contributed by atoms with Crippen LogP contribution in [0.25, 0.3) is 22.2 Å². The lowest BCUT2D eigenvalue weighted by Crippen LogP contribution is -2.60. The number of hydrogen-bond acceptors (Lipinski definition) is 6. The molecule has 2 bridgehead atoms. The molecule has 2 N–H and O–H groups in total. The Morgan fingerprint density at radius 1 is 1.08 bits per heavy atom. The Balaban J connectivity index is 1.16. The van der Waals surface area contributed by atoms with Gasteiger partial charge in [-0.25, -0.2) is 18.6 Å². The van der Waals surface area contributed by atoms with Crippen LogP contribution in [-0.2, 0) is 15.7 Å². The van der Waals surface area contributed by atoms with Crippen LogP contribution < -0.4 is 10.1 Å². The zero-order chi connectivity index (χ0) is 37.2. The van der Waals surface area contributed by atoms with Gasteiger partial charge in [-0.1, -0.05) is 6.92 Å². The van der Waals surface area contributed by atoms with E-state index in [1.165, 1.54) is 6.07 Å². The maximum Gasteiger partial charge on any atom is 0.434 e. The van der Waals surface area contributed by atoms with Gasteiger partial charge < -0.3 is 24.5 Å². The average Bonchev–Trinajstić information content (AvgIpc) is 3.57. The van der Waals surface area contributed by atoms with E-state index in [0.29, 0.717) is 41.7 Å². The van der Waals surface area contributed by atoms with Crippen LogP contribution in [0.3, 0.4) is 0 Å². The number of methoxy groups -OCH3 is 1. The zero-order valence-electron chi connectivity index (χ0n) is 29.5. The standard InChI is InChI=1S/C38H45F5N4O5/c1-21-12-23-14-24(13-21)37(16-23,35(49)50)45-34(48)29-10-11-31(44-33(29)38(41,42)43)30-17-47(22(2)18-51-3)32-15-27(8-9-28(30)32)52-26-6-4-25(5-7-26)46-19-36(39,40)20-46/h8-11,15,17,21-26H,4-7,12-14,16,18-20H2,1-3H3,(H,45,48)(H,49,50)/t21?,22-,23?,24?,25-,26-,37?/m0/s1. The van der Waals surface area contributed by atoms with Crippen LogP contribution in [0.2, 0.25) is 0 Å². The topological polar surface area (TPSA) is 106 Å². The van der Waals surface area contributed by atoms with E-state index in [1.807, 2.05) is 29.4 Å². The second-order valence-electron chi connectivity index (χ2n) is 15.6. The first kappa shape index (κ1) is 36.6. The predicted octanol–water partition coefficient (Wildman–Crippen LogP) is 7.58. The molecule has 3 aliphatic carbocycles. The number of pyridine rings is 1. The lowest BCUT2D eigenvalue weighted by atomic mass is 9.78. The number of rotatable bonds is 10. The van der Waals surface area contributed by atoms with Crippen molar-refractivity contribution in [3.8, 4) is 17.0 Å². The number of halogens is 5. The number of carboxylic acids is 1. The van der Waals surface area contributed by atoms with E-state index >= 15 is 0 Å². The van der Waals surface area contributed by atoms with E-state index in [2.05, 4.69) is 10.3 Å². The molecule has 0 radical (unpaired) electrons.